The molecule has 0 aliphatic rings. The lowest BCUT2D eigenvalue weighted by Gasteiger charge is -2.10. The van der Waals surface area contributed by atoms with Crippen LogP contribution in [0.15, 0.2) is 46.9 Å². The van der Waals surface area contributed by atoms with E-state index in [2.05, 4.69) is 21.2 Å². The minimum absolute atomic E-state index is 0.625. The molecule has 3 N–H and O–H groups in total. The molecule has 0 unspecified atom stereocenters. The second-order valence-electron chi connectivity index (χ2n) is 3.86. The van der Waals surface area contributed by atoms with E-state index in [0.29, 0.717) is 12.3 Å². The molecular formula is C14H15BrN2O. The summed E-state index contributed by atoms with van der Waals surface area (Å²) in [5.41, 5.74) is 8.43. The molecule has 0 aliphatic heterocycles. The van der Waals surface area contributed by atoms with Gasteiger partial charge in [-0.3, -0.25) is 0 Å². The summed E-state index contributed by atoms with van der Waals surface area (Å²) in [5, 5.41) is 3.29. The molecule has 0 radical (unpaired) electrons. The lowest BCUT2D eigenvalue weighted by molar-refractivity contribution is 0.340. The highest BCUT2D eigenvalue weighted by Crippen LogP contribution is 2.26. The number of nitrogens with two attached hydrogens (primary N) is 1. The summed E-state index contributed by atoms with van der Waals surface area (Å²) in [4.78, 5) is 0. The molecule has 4 heteroatoms. The van der Waals surface area contributed by atoms with Crippen molar-refractivity contribution in [2.45, 2.75) is 6.92 Å². The van der Waals surface area contributed by atoms with Crippen molar-refractivity contribution in [3.63, 3.8) is 0 Å². The summed E-state index contributed by atoms with van der Waals surface area (Å²) in [5.74, 6) is 0.773. The molecule has 0 spiro atoms. The zero-order valence-electron chi connectivity index (χ0n) is 10.1. The van der Waals surface area contributed by atoms with Crippen molar-refractivity contribution in [2.75, 3.05) is 17.7 Å². The van der Waals surface area contributed by atoms with Crippen LogP contribution >= 0.6 is 15.9 Å². The van der Waals surface area contributed by atoms with Crippen molar-refractivity contribution in [3.8, 4) is 5.75 Å². The summed E-state index contributed by atoms with van der Waals surface area (Å²) in [6.45, 7) is 2.57. The van der Waals surface area contributed by atoms with E-state index >= 15 is 0 Å². The van der Waals surface area contributed by atoms with Crippen molar-refractivity contribution in [2.24, 2.45) is 0 Å². The van der Waals surface area contributed by atoms with Gasteiger partial charge in [0.15, 0.2) is 0 Å². The average Bonchev–Trinajstić information content (AvgIpc) is 2.28. The van der Waals surface area contributed by atoms with Gasteiger partial charge in [-0.2, -0.15) is 0 Å². The maximum atomic E-state index is 5.84. The van der Waals surface area contributed by atoms with Gasteiger partial charge in [0.2, 0.25) is 0 Å². The molecule has 0 saturated carbocycles. The van der Waals surface area contributed by atoms with E-state index in [4.69, 9.17) is 10.5 Å². The van der Waals surface area contributed by atoms with Crippen molar-refractivity contribution >= 4 is 33.0 Å². The van der Waals surface area contributed by atoms with Gasteiger partial charge < -0.3 is 15.8 Å². The summed E-state index contributed by atoms with van der Waals surface area (Å²) in [7, 11) is 0. The van der Waals surface area contributed by atoms with Crippen LogP contribution in [0.25, 0.3) is 0 Å². The quantitative estimate of drug-likeness (QED) is 0.833. The molecule has 18 heavy (non-hydrogen) atoms. The molecule has 0 bridgehead atoms. The van der Waals surface area contributed by atoms with Gasteiger partial charge in [-0.25, -0.2) is 0 Å². The van der Waals surface area contributed by atoms with E-state index in [9.17, 15) is 0 Å². The van der Waals surface area contributed by atoms with E-state index in [0.717, 1.165) is 21.6 Å². The summed E-state index contributed by atoms with van der Waals surface area (Å²) < 4.78 is 6.49. The normalized spacial score (nSPS) is 10.1. The highest BCUT2D eigenvalue weighted by molar-refractivity contribution is 9.10. The van der Waals surface area contributed by atoms with Crippen LogP contribution in [-0.4, -0.2) is 6.61 Å². The highest BCUT2D eigenvalue weighted by Gasteiger charge is 2.01. The molecule has 0 aromatic heterocycles. The average molecular weight is 307 g/mol. The number of rotatable bonds is 4. The van der Waals surface area contributed by atoms with Gasteiger partial charge in [0.05, 0.1) is 6.61 Å². The minimum Gasteiger partial charge on any atom is -0.494 e. The molecule has 2 rings (SSSR count). The molecule has 0 heterocycles. The Morgan fingerprint density at radius 2 is 2.00 bits per heavy atom. The number of nitrogens with one attached hydrogen (secondary N) is 1. The third-order valence-corrected chi connectivity index (χ3v) is 2.85. The van der Waals surface area contributed by atoms with Crippen molar-refractivity contribution in [1.82, 2.24) is 0 Å². The molecule has 3 nitrogen and oxygen atoms in total. The first kappa shape index (κ1) is 12.8. The lowest BCUT2D eigenvalue weighted by atomic mass is 10.2. The van der Waals surface area contributed by atoms with Crippen molar-refractivity contribution in [1.29, 1.82) is 0 Å². The first-order valence-corrected chi connectivity index (χ1v) is 6.52. The van der Waals surface area contributed by atoms with Gasteiger partial charge in [-0.15, -0.1) is 0 Å². The standard InChI is InChI=1S/C14H15BrN2O/c1-2-18-14-8-11(16)7-13(9-14)17-12-5-3-4-10(15)6-12/h3-9,17H,2,16H2,1H3. The van der Waals surface area contributed by atoms with E-state index in [-0.39, 0.29) is 0 Å². The molecular weight excluding hydrogens is 292 g/mol. The SMILES string of the molecule is CCOc1cc(N)cc(Nc2cccc(Br)c2)c1. The van der Waals surface area contributed by atoms with Gasteiger partial charge in [0, 0.05) is 33.7 Å². The third kappa shape index (κ3) is 3.40. The fraction of sp³-hybridized carbons (Fsp3) is 0.143. The van der Waals surface area contributed by atoms with Crippen LogP contribution < -0.4 is 15.8 Å². The molecule has 0 amide bonds. The number of ether oxygens (including phenoxy) is 1. The molecule has 2 aromatic rings. The Kier molecular flexibility index (Phi) is 4.10. The Morgan fingerprint density at radius 3 is 2.72 bits per heavy atom. The number of nitrogen functional groups attached to an aromatic ring is 1. The fourth-order valence-corrected chi connectivity index (χ4v) is 2.08. The summed E-state index contributed by atoms with van der Waals surface area (Å²) in [6.07, 6.45) is 0. The van der Waals surface area contributed by atoms with Crippen molar-refractivity contribution < 1.29 is 4.74 Å². The predicted molar refractivity (Wildman–Crippen MR) is 79.4 cm³/mol. The van der Waals surface area contributed by atoms with Crippen LogP contribution in [-0.2, 0) is 0 Å². The van der Waals surface area contributed by atoms with Crippen LogP contribution in [0.4, 0.5) is 17.1 Å². The van der Waals surface area contributed by atoms with Crippen LogP contribution in [0.1, 0.15) is 6.92 Å². The molecule has 94 valence electrons. The third-order valence-electron chi connectivity index (χ3n) is 2.35. The van der Waals surface area contributed by atoms with Gasteiger partial charge in [-0.1, -0.05) is 22.0 Å². The van der Waals surface area contributed by atoms with Crippen LogP contribution in [0.2, 0.25) is 0 Å². The van der Waals surface area contributed by atoms with E-state index in [1.165, 1.54) is 0 Å². The molecule has 0 fully saturated rings. The Bertz CT molecular complexity index is 543. The number of hydrogen-bond donors (Lipinski definition) is 2. The maximum Gasteiger partial charge on any atom is 0.123 e. The number of halogens is 1. The summed E-state index contributed by atoms with van der Waals surface area (Å²) >= 11 is 3.44. The van der Waals surface area contributed by atoms with Gasteiger partial charge >= 0.3 is 0 Å². The second kappa shape index (κ2) is 5.78. The van der Waals surface area contributed by atoms with Crippen LogP contribution in [0, 0.1) is 0 Å². The molecule has 0 saturated heterocycles. The summed E-state index contributed by atoms with van der Waals surface area (Å²) in [6, 6.07) is 13.6. The Balaban J connectivity index is 2.23. The van der Waals surface area contributed by atoms with Crippen LogP contribution in [0.5, 0.6) is 5.75 Å². The molecule has 0 atom stereocenters. The topological polar surface area (TPSA) is 47.3 Å². The number of benzene rings is 2. The van der Waals surface area contributed by atoms with Crippen molar-refractivity contribution in [3.05, 3.63) is 46.9 Å². The van der Waals surface area contributed by atoms with Gasteiger partial charge in [-0.05, 0) is 31.2 Å². The molecule has 0 aliphatic carbocycles. The lowest BCUT2D eigenvalue weighted by Crippen LogP contribution is -1.96. The Labute approximate surface area is 115 Å². The van der Waals surface area contributed by atoms with Gasteiger partial charge in [0.25, 0.3) is 0 Å². The fourth-order valence-electron chi connectivity index (χ4n) is 1.68. The zero-order chi connectivity index (χ0) is 13.0. The first-order valence-electron chi connectivity index (χ1n) is 5.73. The number of anilines is 3. The van der Waals surface area contributed by atoms with E-state index < -0.39 is 0 Å². The molecule has 2 aromatic carbocycles. The van der Waals surface area contributed by atoms with Crippen LogP contribution in [0.3, 0.4) is 0 Å². The Morgan fingerprint density at radius 1 is 1.17 bits per heavy atom. The zero-order valence-corrected chi connectivity index (χ0v) is 11.7. The van der Waals surface area contributed by atoms with Gasteiger partial charge in [0.1, 0.15) is 5.75 Å². The van der Waals surface area contributed by atoms with E-state index in [1.807, 2.05) is 49.4 Å². The first-order chi connectivity index (χ1) is 8.67. The van der Waals surface area contributed by atoms with E-state index in [1.54, 1.807) is 0 Å². The maximum absolute atomic E-state index is 5.84. The smallest absolute Gasteiger partial charge is 0.123 e. The highest BCUT2D eigenvalue weighted by atomic mass is 79.9. The second-order valence-corrected chi connectivity index (χ2v) is 4.77. The number of hydrogen-bond acceptors (Lipinski definition) is 3. The largest absolute Gasteiger partial charge is 0.494 e. The predicted octanol–water partition coefficient (Wildman–Crippen LogP) is 4.17. The Hall–Kier alpha value is -1.68. The minimum atomic E-state index is 0.625. The monoisotopic (exact) mass is 306 g/mol.